The van der Waals surface area contributed by atoms with Crippen LogP contribution in [0.5, 0.6) is 0 Å². The fourth-order valence-corrected chi connectivity index (χ4v) is 2.80. The van der Waals surface area contributed by atoms with Crippen molar-refractivity contribution in [1.29, 1.82) is 0 Å². The van der Waals surface area contributed by atoms with Gasteiger partial charge in [0.15, 0.2) is 0 Å². The number of hydrogen-bond donors (Lipinski definition) is 0. The summed E-state index contributed by atoms with van der Waals surface area (Å²) in [5.41, 5.74) is 1.99. The maximum Gasteiger partial charge on any atom is 0.272 e. The van der Waals surface area contributed by atoms with Crippen molar-refractivity contribution in [2.75, 3.05) is 13.1 Å². The van der Waals surface area contributed by atoms with Crippen LogP contribution < -0.4 is 0 Å². The van der Waals surface area contributed by atoms with E-state index in [1.165, 1.54) is 5.56 Å². The first-order chi connectivity index (χ1) is 9.75. The van der Waals surface area contributed by atoms with E-state index in [2.05, 4.69) is 22.2 Å². The monoisotopic (exact) mass is 270 g/mol. The highest BCUT2D eigenvalue weighted by molar-refractivity contribution is 5.92. The molecule has 3 heterocycles. The van der Waals surface area contributed by atoms with Crippen molar-refractivity contribution in [3.05, 3.63) is 48.0 Å². The van der Waals surface area contributed by atoms with Gasteiger partial charge >= 0.3 is 0 Å². The van der Waals surface area contributed by atoms with Crippen LogP contribution in [-0.4, -0.2) is 38.7 Å². The summed E-state index contributed by atoms with van der Waals surface area (Å²) in [5, 5.41) is 4.06. The van der Waals surface area contributed by atoms with Gasteiger partial charge in [0.2, 0.25) is 0 Å². The van der Waals surface area contributed by atoms with Gasteiger partial charge in [-0.05, 0) is 42.5 Å². The second kappa shape index (κ2) is 5.45. The molecule has 1 fully saturated rings. The Balaban J connectivity index is 1.64. The van der Waals surface area contributed by atoms with Gasteiger partial charge in [0.05, 0.1) is 0 Å². The van der Waals surface area contributed by atoms with Crippen molar-refractivity contribution in [1.82, 2.24) is 19.7 Å². The van der Waals surface area contributed by atoms with Crippen molar-refractivity contribution in [2.45, 2.75) is 18.8 Å². The molecule has 0 atom stereocenters. The first-order valence-electron chi connectivity index (χ1n) is 6.93. The average molecular weight is 270 g/mol. The first kappa shape index (κ1) is 12.8. The van der Waals surface area contributed by atoms with E-state index in [0.29, 0.717) is 11.6 Å². The normalized spacial score (nSPS) is 16.4. The number of amides is 1. The molecular weight excluding hydrogens is 252 g/mol. The smallest absolute Gasteiger partial charge is 0.272 e. The minimum absolute atomic E-state index is 0.0816. The molecular formula is C15H18N4O. The predicted octanol–water partition coefficient (Wildman–Crippen LogP) is 1.83. The Kier molecular flexibility index (Phi) is 3.50. The van der Waals surface area contributed by atoms with Crippen LogP contribution in [0.4, 0.5) is 0 Å². The van der Waals surface area contributed by atoms with Gasteiger partial charge in [0.1, 0.15) is 5.69 Å². The molecule has 1 aliphatic heterocycles. The number of hydrogen-bond acceptors (Lipinski definition) is 3. The molecule has 2 aromatic heterocycles. The summed E-state index contributed by atoms with van der Waals surface area (Å²) in [6.07, 6.45) is 7.35. The van der Waals surface area contributed by atoms with E-state index >= 15 is 0 Å². The van der Waals surface area contributed by atoms with Crippen LogP contribution >= 0.6 is 0 Å². The van der Waals surface area contributed by atoms with Gasteiger partial charge in [-0.15, -0.1) is 0 Å². The third-order valence-corrected chi connectivity index (χ3v) is 4.00. The Morgan fingerprint density at radius 2 is 1.85 bits per heavy atom. The number of rotatable bonds is 2. The van der Waals surface area contributed by atoms with Gasteiger partial charge in [-0.25, -0.2) is 0 Å². The number of aryl methyl sites for hydroxylation is 1. The SMILES string of the molecule is Cn1nccc1C(=O)N1CCC(c2ccncc2)CC1. The fraction of sp³-hybridized carbons (Fsp3) is 0.400. The Bertz CT molecular complexity index is 585. The highest BCUT2D eigenvalue weighted by Crippen LogP contribution is 2.28. The van der Waals surface area contributed by atoms with E-state index in [9.17, 15) is 4.79 Å². The minimum Gasteiger partial charge on any atom is -0.337 e. The van der Waals surface area contributed by atoms with Crippen LogP contribution in [0.15, 0.2) is 36.8 Å². The predicted molar refractivity (Wildman–Crippen MR) is 75.3 cm³/mol. The highest BCUT2D eigenvalue weighted by atomic mass is 16.2. The van der Waals surface area contributed by atoms with Gasteiger partial charge in [-0.2, -0.15) is 5.10 Å². The lowest BCUT2D eigenvalue weighted by atomic mass is 9.90. The molecule has 1 amide bonds. The van der Waals surface area contributed by atoms with E-state index in [1.54, 1.807) is 24.0 Å². The zero-order valence-electron chi connectivity index (χ0n) is 11.6. The average Bonchev–Trinajstić information content (AvgIpc) is 2.94. The number of piperidine rings is 1. The number of likely N-dealkylation sites (tertiary alicyclic amines) is 1. The van der Waals surface area contributed by atoms with Crippen LogP contribution in [0.2, 0.25) is 0 Å². The van der Waals surface area contributed by atoms with Gasteiger partial charge in [0, 0.05) is 38.7 Å². The molecule has 5 heteroatoms. The van der Waals surface area contributed by atoms with Crippen molar-refractivity contribution in [2.24, 2.45) is 7.05 Å². The number of carbonyl (C=O) groups excluding carboxylic acids is 1. The molecule has 2 aromatic rings. The molecule has 0 saturated carbocycles. The lowest BCUT2D eigenvalue weighted by molar-refractivity contribution is 0.0702. The van der Waals surface area contributed by atoms with Crippen molar-refractivity contribution >= 4 is 5.91 Å². The molecule has 0 radical (unpaired) electrons. The third-order valence-electron chi connectivity index (χ3n) is 4.00. The summed E-state index contributed by atoms with van der Waals surface area (Å²) < 4.78 is 1.64. The lowest BCUT2D eigenvalue weighted by Gasteiger charge is -2.32. The highest BCUT2D eigenvalue weighted by Gasteiger charge is 2.25. The number of nitrogens with zero attached hydrogens (tertiary/aromatic N) is 4. The van der Waals surface area contributed by atoms with Gasteiger partial charge < -0.3 is 4.90 Å². The summed E-state index contributed by atoms with van der Waals surface area (Å²) in [6.45, 7) is 1.61. The maximum absolute atomic E-state index is 12.4. The minimum atomic E-state index is 0.0816. The van der Waals surface area contributed by atoms with Crippen LogP contribution in [0.25, 0.3) is 0 Å². The van der Waals surface area contributed by atoms with Crippen molar-refractivity contribution in [3.63, 3.8) is 0 Å². The van der Waals surface area contributed by atoms with Gasteiger partial charge in [-0.1, -0.05) is 0 Å². The zero-order chi connectivity index (χ0) is 13.9. The number of carbonyl (C=O) groups is 1. The largest absolute Gasteiger partial charge is 0.337 e. The lowest BCUT2D eigenvalue weighted by Crippen LogP contribution is -2.38. The Labute approximate surface area is 118 Å². The van der Waals surface area contributed by atoms with E-state index in [4.69, 9.17) is 0 Å². The van der Waals surface area contributed by atoms with Crippen molar-refractivity contribution in [3.8, 4) is 0 Å². The van der Waals surface area contributed by atoms with Crippen LogP contribution in [0.1, 0.15) is 34.8 Å². The standard InChI is InChI=1S/C15H18N4O/c1-18-14(4-9-17-18)15(20)19-10-5-13(6-11-19)12-2-7-16-8-3-12/h2-4,7-9,13H,5-6,10-11H2,1H3. The summed E-state index contributed by atoms with van der Waals surface area (Å²) in [4.78, 5) is 18.4. The van der Waals surface area contributed by atoms with E-state index < -0.39 is 0 Å². The summed E-state index contributed by atoms with van der Waals surface area (Å²) in [5.74, 6) is 0.617. The Morgan fingerprint density at radius 3 is 2.45 bits per heavy atom. The third kappa shape index (κ3) is 2.43. The quantitative estimate of drug-likeness (QED) is 0.836. The molecule has 0 bridgehead atoms. The van der Waals surface area contributed by atoms with Gasteiger partial charge in [0.25, 0.3) is 5.91 Å². The molecule has 0 unspecified atom stereocenters. The van der Waals surface area contributed by atoms with Gasteiger partial charge in [-0.3, -0.25) is 14.5 Å². The molecule has 0 spiro atoms. The second-order valence-electron chi connectivity index (χ2n) is 5.19. The molecule has 104 valence electrons. The summed E-state index contributed by atoms with van der Waals surface area (Å²) >= 11 is 0. The fourth-order valence-electron chi connectivity index (χ4n) is 2.80. The molecule has 0 aliphatic carbocycles. The van der Waals surface area contributed by atoms with Crippen LogP contribution in [0, 0.1) is 0 Å². The molecule has 1 saturated heterocycles. The molecule has 1 aliphatic rings. The van der Waals surface area contributed by atoms with Crippen LogP contribution in [-0.2, 0) is 7.05 Å². The number of aromatic nitrogens is 3. The second-order valence-corrected chi connectivity index (χ2v) is 5.19. The topological polar surface area (TPSA) is 51.0 Å². The van der Waals surface area contributed by atoms with Crippen molar-refractivity contribution < 1.29 is 4.79 Å². The molecule has 0 N–H and O–H groups in total. The molecule has 5 nitrogen and oxygen atoms in total. The Morgan fingerprint density at radius 1 is 1.15 bits per heavy atom. The zero-order valence-corrected chi connectivity index (χ0v) is 11.6. The Hall–Kier alpha value is -2.17. The molecule has 0 aromatic carbocycles. The summed E-state index contributed by atoms with van der Waals surface area (Å²) in [7, 11) is 1.80. The first-order valence-corrected chi connectivity index (χ1v) is 6.93. The van der Waals surface area contributed by atoms with E-state index in [-0.39, 0.29) is 5.91 Å². The molecule has 20 heavy (non-hydrogen) atoms. The maximum atomic E-state index is 12.4. The van der Waals surface area contributed by atoms with Crippen LogP contribution in [0.3, 0.4) is 0 Å². The summed E-state index contributed by atoms with van der Waals surface area (Å²) in [6, 6.07) is 5.92. The van der Waals surface area contributed by atoms with E-state index in [0.717, 1.165) is 25.9 Å². The van der Waals surface area contributed by atoms with E-state index in [1.807, 2.05) is 17.3 Å². The number of pyridine rings is 1. The molecule has 3 rings (SSSR count).